The first-order valence-corrected chi connectivity index (χ1v) is 7.14. The standard InChI is InChI=1S/C16H12BrNO4/c1-10-2-5-12(9-14(10)18(21)22)15(19)6-3-11-4-7-16(20)13(17)8-11/h2-9,20H,1H3/b6-3+. The minimum Gasteiger partial charge on any atom is -0.507 e. The Morgan fingerprint density at radius 2 is 2.00 bits per heavy atom. The van der Waals surface area contributed by atoms with Crippen molar-refractivity contribution in [2.75, 3.05) is 0 Å². The molecule has 2 aromatic rings. The van der Waals surface area contributed by atoms with Crippen LogP contribution in [0, 0.1) is 17.0 Å². The highest BCUT2D eigenvalue weighted by atomic mass is 79.9. The van der Waals surface area contributed by atoms with E-state index < -0.39 is 4.92 Å². The number of aryl methyl sites for hydroxylation is 1. The molecule has 0 saturated heterocycles. The van der Waals surface area contributed by atoms with Crippen LogP contribution in [-0.2, 0) is 0 Å². The number of hydrogen-bond acceptors (Lipinski definition) is 4. The summed E-state index contributed by atoms with van der Waals surface area (Å²) < 4.78 is 0.521. The SMILES string of the molecule is Cc1ccc(C(=O)/C=C/c2ccc(O)c(Br)c2)cc1[N+](=O)[O-]. The second-order valence-corrected chi connectivity index (χ2v) is 5.52. The Morgan fingerprint density at radius 3 is 2.64 bits per heavy atom. The number of phenols is 1. The van der Waals surface area contributed by atoms with Gasteiger partial charge in [0.1, 0.15) is 5.75 Å². The molecule has 0 amide bonds. The molecule has 22 heavy (non-hydrogen) atoms. The Morgan fingerprint density at radius 1 is 1.27 bits per heavy atom. The highest BCUT2D eigenvalue weighted by molar-refractivity contribution is 9.10. The first-order chi connectivity index (χ1) is 10.4. The summed E-state index contributed by atoms with van der Waals surface area (Å²) in [7, 11) is 0. The van der Waals surface area contributed by atoms with Crippen molar-refractivity contribution in [2.45, 2.75) is 6.92 Å². The van der Waals surface area contributed by atoms with E-state index in [2.05, 4.69) is 15.9 Å². The van der Waals surface area contributed by atoms with Gasteiger partial charge in [-0.1, -0.05) is 24.3 Å². The summed E-state index contributed by atoms with van der Waals surface area (Å²) >= 11 is 3.19. The van der Waals surface area contributed by atoms with E-state index in [4.69, 9.17) is 0 Å². The molecule has 112 valence electrons. The van der Waals surface area contributed by atoms with Gasteiger partial charge in [-0.15, -0.1) is 0 Å². The molecule has 6 heteroatoms. The van der Waals surface area contributed by atoms with Crippen LogP contribution >= 0.6 is 15.9 Å². The van der Waals surface area contributed by atoms with Crippen molar-refractivity contribution in [3.63, 3.8) is 0 Å². The van der Waals surface area contributed by atoms with E-state index >= 15 is 0 Å². The second-order valence-electron chi connectivity index (χ2n) is 4.67. The van der Waals surface area contributed by atoms with Crippen molar-refractivity contribution in [1.29, 1.82) is 0 Å². The summed E-state index contributed by atoms with van der Waals surface area (Å²) in [6, 6.07) is 9.20. The molecular formula is C16H12BrNO4. The average molecular weight is 362 g/mol. The van der Waals surface area contributed by atoms with E-state index in [0.29, 0.717) is 10.0 Å². The Labute approximate surface area is 135 Å². The van der Waals surface area contributed by atoms with Gasteiger partial charge in [-0.25, -0.2) is 0 Å². The summed E-state index contributed by atoms with van der Waals surface area (Å²) in [5, 5.41) is 20.3. The van der Waals surface area contributed by atoms with Gasteiger partial charge in [-0.3, -0.25) is 14.9 Å². The maximum atomic E-state index is 12.1. The van der Waals surface area contributed by atoms with E-state index in [0.717, 1.165) is 5.56 Å². The molecule has 0 saturated carbocycles. The van der Waals surface area contributed by atoms with Crippen LogP contribution in [0.25, 0.3) is 6.08 Å². The Balaban J connectivity index is 2.25. The Bertz CT molecular complexity index is 784. The van der Waals surface area contributed by atoms with Crippen LogP contribution in [0.1, 0.15) is 21.5 Å². The van der Waals surface area contributed by atoms with Gasteiger partial charge in [0.05, 0.1) is 9.40 Å². The molecule has 2 rings (SSSR count). The number of carbonyl (C=O) groups excluding carboxylic acids is 1. The van der Waals surface area contributed by atoms with Gasteiger partial charge in [-0.2, -0.15) is 0 Å². The summed E-state index contributed by atoms with van der Waals surface area (Å²) in [6.45, 7) is 1.62. The number of nitrogens with zero attached hydrogens (tertiary/aromatic N) is 1. The number of nitro groups is 1. The minimum atomic E-state index is -0.507. The van der Waals surface area contributed by atoms with Crippen LogP contribution in [0.15, 0.2) is 46.9 Å². The molecule has 0 aliphatic rings. The number of carbonyl (C=O) groups is 1. The average Bonchev–Trinajstić information content (AvgIpc) is 2.48. The predicted molar refractivity (Wildman–Crippen MR) is 87.0 cm³/mol. The van der Waals surface area contributed by atoms with Crippen LogP contribution in [0.2, 0.25) is 0 Å². The second kappa shape index (κ2) is 6.53. The number of aromatic hydroxyl groups is 1. The van der Waals surface area contributed by atoms with Gasteiger partial charge in [-0.05, 0) is 46.6 Å². The number of ketones is 1. The van der Waals surface area contributed by atoms with Crippen LogP contribution in [0.5, 0.6) is 5.75 Å². The fourth-order valence-corrected chi connectivity index (χ4v) is 2.25. The molecular weight excluding hydrogens is 350 g/mol. The van der Waals surface area contributed by atoms with Gasteiger partial charge in [0.25, 0.3) is 5.69 Å². The normalized spacial score (nSPS) is 10.8. The van der Waals surface area contributed by atoms with Gasteiger partial charge in [0, 0.05) is 17.2 Å². The molecule has 0 spiro atoms. The first-order valence-electron chi connectivity index (χ1n) is 6.34. The van der Waals surface area contributed by atoms with E-state index in [9.17, 15) is 20.0 Å². The molecule has 0 radical (unpaired) electrons. The number of benzene rings is 2. The van der Waals surface area contributed by atoms with Crippen molar-refractivity contribution < 1.29 is 14.8 Å². The lowest BCUT2D eigenvalue weighted by molar-refractivity contribution is -0.385. The monoisotopic (exact) mass is 361 g/mol. The lowest BCUT2D eigenvalue weighted by Crippen LogP contribution is -1.98. The maximum absolute atomic E-state index is 12.1. The molecule has 2 aromatic carbocycles. The van der Waals surface area contributed by atoms with Crippen molar-refractivity contribution in [1.82, 2.24) is 0 Å². The van der Waals surface area contributed by atoms with Crippen LogP contribution in [-0.4, -0.2) is 15.8 Å². The number of hydrogen-bond donors (Lipinski definition) is 1. The summed E-state index contributed by atoms with van der Waals surface area (Å²) in [6.07, 6.45) is 2.92. The highest BCUT2D eigenvalue weighted by Crippen LogP contribution is 2.25. The zero-order valence-corrected chi connectivity index (χ0v) is 13.2. The lowest BCUT2D eigenvalue weighted by atomic mass is 10.1. The van der Waals surface area contributed by atoms with Crippen LogP contribution < -0.4 is 0 Å². The quantitative estimate of drug-likeness (QED) is 0.381. The number of phenolic OH excluding ortho intramolecular Hbond substituents is 1. The third-order valence-electron chi connectivity index (χ3n) is 3.09. The number of rotatable bonds is 4. The first kappa shape index (κ1) is 15.9. The number of allylic oxidation sites excluding steroid dienone is 1. The topological polar surface area (TPSA) is 80.4 Å². The van der Waals surface area contributed by atoms with E-state index in [1.807, 2.05) is 0 Å². The van der Waals surface area contributed by atoms with E-state index in [-0.39, 0.29) is 22.8 Å². The third kappa shape index (κ3) is 3.59. The molecule has 0 aliphatic carbocycles. The highest BCUT2D eigenvalue weighted by Gasteiger charge is 2.13. The molecule has 5 nitrogen and oxygen atoms in total. The fourth-order valence-electron chi connectivity index (χ4n) is 1.85. The van der Waals surface area contributed by atoms with Gasteiger partial charge in [0.15, 0.2) is 5.78 Å². The minimum absolute atomic E-state index is 0.0772. The molecule has 0 unspecified atom stereocenters. The molecule has 0 heterocycles. The number of nitro benzene ring substituents is 1. The summed E-state index contributed by atoms with van der Waals surface area (Å²) in [5.74, 6) is -0.218. The maximum Gasteiger partial charge on any atom is 0.273 e. The molecule has 0 bridgehead atoms. The number of halogens is 1. The van der Waals surface area contributed by atoms with Crippen LogP contribution in [0.4, 0.5) is 5.69 Å². The Kier molecular flexibility index (Phi) is 4.72. The van der Waals surface area contributed by atoms with Crippen molar-refractivity contribution >= 4 is 33.5 Å². The van der Waals surface area contributed by atoms with Gasteiger partial charge >= 0.3 is 0 Å². The fraction of sp³-hybridized carbons (Fsp3) is 0.0625. The van der Waals surface area contributed by atoms with E-state index in [1.165, 1.54) is 18.2 Å². The van der Waals surface area contributed by atoms with Gasteiger partial charge < -0.3 is 5.11 Å². The summed E-state index contributed by atoms with van der Waals surface area (Å²) in [5.41, 5.74) is 1.41. The molecule has 0 atom stereocenters. The smallest absolute Gasteiger partial charge is 0.273 e. The third-order valence-corrected chi connectivity index (χ3v) is 3.72. The molecule has 0 aromatic heterocycles. The van der Waals surface area contributed by atoms with Gasteiger partial charge in [0.2, 0.25) is 0 Å². The van der Waals surface area contributed by atoms with Crippen molar-refractivity contribution in [2.24, 2.45) is 0 Å². The molecule has 1 N–H and O–H groups in total. The lowest BCUT2D eigenvalue weighted by Gasteiger charge is -2.00. The molecule has 0 aliphatic heterocycles. The molecule has 0 fully saturated rings. The predicted octanol–water partition coefficient (Wildman–Crippen LogP) is 4.27. The van der Waals surface area contributed by atoms with Crippen molar-refractivity contribution in [3.8, 4) is 5.75 Å². The Hall–Kier alpha value is -2.47. The van der Waals surface area contributed by atoms with E-state index in [1.54, 1.807) is 37.3 Å². The van der Waals surface area contributed by atoms with Crippen LogP contribution in [0.3, 0.4) is 0 Å². The zero-order chi connectivity index (χ0) is 16.3. The zero-order valence-electron chi connectivity index (χ0n) is 11.6. The largest absolute Gasteiger partial charge is 0.507 e. The van der Waals surface area contributed by atoms with Crippen molar-refractivity contribution in [3.05, 3.63) is 73.8 Å². The summed E-state index contributed by atoms with van der Waals surface area (Å²) in [4.78, 5) is 22.5.